The predicted octanol–water partition coefficient (Wildman–Crippen LogP) is 0.747. The standard InChI is InChI=1S/C14H23N5O3/c1-14(2,3)22-13(21)18-8-6-17(7-9-18)12(20)4-5-19-11-15-10-16-19/h10-11H,4-9H2,1-3H3. The van der Waals surface area contributed by atoms with E-state index >= 15 is 0 Å². The number of nitrogens with zero attached hydrogens (tertiary/aromatic N) is 5. The summed E-state index contributed by atoms with van der Waals surface area (Å²) >= 11 is 0. The van der Waals surface area contributed by atoms with Crippen LogP contribution in [0.15, 0.2) is 12.7 Å². The van der Waals surface area contributed by atoms with Crippen LogP contribution >= 0.6 is 0 Å². The maximum atomic E-state index is 12.1. The first-order valence-electron chi connectivity index (χ1n) is 7.43. The maximum Gasteiger partial charge on any atom is 0.410 e. The molecule has 0 radical (unpaired) electrons. The molecule has 0 spiro atoms. The lowest BCUT2D eigenvalue weighted by molar-refractivity contribution is -0.133. The third kappa shape index (κ3) is 4.71. The van der Waals surface area contributed by atoms with Gasteiger partial charge in [0.25, 0.3) is 0 Å². The molecule has 0 bridgehead atoms. The van der Waals surface area contributed by atoms with Gasteiger partial charge in [-0.2, -0.15) is 5.10 Å². The Bertz CT molecular complexity index is 501. The minimum absolute atomic E-state index is 0.0688. The molecule has 122 valence electrons. The summed E-state index contributed by atoms with van der Waals surface area (Å²) in [6, 6.07) is 0. The Balaban J connectivity index is 1.74. The smallest absolute Gasteiger partial charge is 0.410 e. The fraction of sp³-hybridized carbons (Fsp3) is 0.714. The van der Waals surface area contributed by atoms with Gasteiger partial charge in [0.15, 0.2) is 0 Å². The third-order valence-corrected chi connectivity index (χ3v) is 3.31. The topological polar surface area (TPSA) is 80.6 Å². The van der Waals surface area contributed by atoms with Gasteiger partial charge in [-0.25, -0.2) is 9.78 Å². The number of carbonyl (C=O) groups excluding carboxylic acids is 2. The van der Waals surface area contributed by atoms with Crippen molar-refractivity contribution >= 4 is 12.0 Å². The lowest BCUT2D eigenvalue weighted by Crippen LogP contribution is -2.51. The van der Waals surface area contributed by atoms with Crippen molar-refractivity contribution < 1.29 is 14.3 Å². The number of amides is 2. The molecule has 0 aromatic carbocycles. The average molecular weight is 309 g/mol. The lowest BCUT2D eigenvalue weighted by Gasteiger charge is -2.35. The first-order valence-corrected chi connectivity index (χ1v) is 7.43. The number of hydrogen-bond donors (Lipinski definition) is 0. The molecule has 0 saturated carbocycles. The molecule has 2 amide bonds. The molecule has 0 aliphatic carbocycles. The number of aryl methyl sites for hydroxylation is 1. The van der Waals surface area contributed by atoms with Crippen LogP contribution in [0.2, 0.25) is 0 Å². The summed E-state index contributed by atoms with van der Waals surface area (Å²) in [5, 5.41) is 3.97. The summed E-state index contributed by atoms with van der Waals surface area (Å²) in [5.74, 6) is 0.0688. The van der Waals surface area contributed by atoms with Gasteiger partial charge in [-0.3, -0.25) is 9.48 Å². The van der Waals surface area contributed by atoms with Crippen LogP contribution in [0.1, 0.15) is 27.2 Å². The van der Waals surface area contributed by atoms with Crippen LogP contribution in [-0.2, 0) is 16.1 Å². The van der Waals surface area contributed by atoms with Gasteiger partial charge in [0.1, 0.15) is 18.3 Å². The molecule has 1 aliphatic heterocycles. The quantitative estimate of drug-likeness (QED) is 0.823. The summed E-state index contributed by atoms with van der Waals surface area (Å²) in [7, 11) is 0. The van der Waals surface area contributed by atoms with E-state index in [0.29, 0.717) is 39.1 Å². The highest BCUT2D eigenvalue weighted by atomic mass is 16.6. The van der Waals surface area contributed by atoms with Crippen molar-refractivity contribution in [2.75, 3.05) is 26.2 Å². The molecule has 2 rings (SSSR count). The normalized spacial score (nSPS) is 15.8. The Hall–Kier alpha value is -2.12. The maximum absolute atomic E-state index is 12.1. The van der Waals surface area contributed by atoms with E-state index in [0.717, 1.165) is 0 Å². The molecular weight excluding hydrogens is 286 g/mol. The summed E-state index contributed by atoms with van der Waals surface area (Å²) < 4.78 is 6.97. The van der Waals surface area contributed by atoms with Crippen LogP contribution in [0, 0.1) is 0 Å². The van der Waals surface area contributed by atoms with Gasteiger partial charge >= 0.3 is 6.09 Å². The van der Waals surface area contributed by atoms with Gasteiger partial charge in [0.2, 0.25) is 5.91 Å². The second-order valence-corrected chi connectivity index (χ2v) is 6.26. The SMILES string of the molecule is CC(C)(C)OC(=O)N1CCN(C(=O)CCn2cncn2)CC1. The minimum atomic E-state index is -0.498. The second kappa shape index (κ2) is 6.76. The van der Waals surface area contributed by atoms with Crippen LogP contribution < -0.4 is 0 Å². The number of piperazine rings is 1. The van der Waals surface area contributed by atoms with Crippen molar-refractivity contribution in [1.29, 1.82) is 0 Å². The summed E-state index contributed by atoms with van der Waals surface area (Å²) in [6.45, 7) is 8.13. The second-order valence-electron chi connectivity index (χ2n) is 6.26. The van der Waals surface area contributed by atoms with E-state index in [1.165, 1.54) is 6.33 Å². The van der Waals surface area contributed by atoms with E-state index in [1.807, 2.05) is 20.8 Å². The van der Waals surface area contributed by atoms with E-state index in [2.05, 4.69) is 10.1 Å². The number of hydrogen-bond acceptors (Lipinski definition) is 5. The van der Waals surface area contributed by atoms with Gasteiger partial charge in [0, 0.05) is 32.6 Å². The predicted molar refractivity (Wildman–Crippen MR) is 79.0 cm³/mol. The van der Waals surface area contributed by atoms with Crippen LogP contribution in [0.3, 0.4) is 0 Å². The fourth-order valence-corrected chi connectivity index (χ4v) is 2.18. The molecule has 1 aromatic rings. The minimum Gasteiger partial charge on any atom is -0.444 e. The van der Waals surface area contributed by atoms with Crippen LogP contribution in [0.25, 0.3) is 0 Å². The fourth-order valence-electron chi connectivity index (χ4n) is 2.18. The largest absolute Gasteiger partial charge is 0.444 e. The number of aromatic nitrogens is 3. The zero-order chi connectivity index (χ0) is 16.2. The third-order valence-electron chi connectivity index (χ3n) is 3.31. The summed E-state index contributed by atoms with van der Waals surface area (Å²) in [4.78, 5) is 31.3. The van der Waals surface area contributed by atoms with Crippen molar-refractivity contribution in [2.24, 2.45) is 0 Å². The van der Waals surface area contributed by atoms with Crippen molar-refractivity contribution in [3.63, 3.8) is 0 Å². The average Bonchev–Trinajstić information content (AvgIpc) is 2.96. The molecule has 0 unspecified atom stereocenters. The van der Waals surface area contributed by atoms with Gasteiger partial charge < -0.3 is 14.5 Å². The molecule has 1 fully saturated rings. The molecule has 1 saturated heterocycles. The molecule has 0 atom stereocenters. The Morgan fingerprint density at radius 1 is 1.14 bits per heavy atom. The van der Waals surface area contributed by atoms with Crippen molar-refractivity contribution in [2.45, 2.75) is 39.3 Å². The molecule has 2 heterocycles. The van der Waals surface area contributed by atoms with Crippen molar-refractivity contribution in [3.05, 3.63) is 12.7 Å². The highest BCUT2D eigenvalue weighted by Crippen LogP contribution is 2.12. The van der Waals surface area contributed by atoms with Gasteiger partial charge in [-0.1, -0.05) is 0 Å². The highest BCUT2D eigenvalue weighted by Gasteiger charge is 2.27. The molecule has 0 N–H and O–H groups in total. The Kier molecular flexibility index (Phi) is 4.99. The van der Waals surface area contributed by atoms with E-state index in [1.54, 1.807) is 20.8 Å². The summed E-state index contributed by atoms with van der Waals surface area (Å²) in [5.41, 5.74) is -0.498. The molecule has 8 heteroatoms. The molecule has 1 aliphatic rings. The monoisotopic (exact) mass is 309 g/mol. The summed E-state index contributed by atoms with van der Waals surface area (Å²) in [6.07, 6.45) is 3.11. The van der Waals surface area contributed by atoms with Gasteiger partial charge in [0.05, 0.1) is 6.54 Å². The lowest BCUT2D eigenvalue weighted by atomic mass is 10.2. The molecular formula is C14H23N5O3. The van der Waals surface area contributed by atoms with Crippen LogP contribution in [0.5, 0.6) is 0 Å². The van der Waals surface area contributed by atoms with E-state index in [4.69, 9.17) is 4.74 Å². The Labute approximate surface area is 130 Å². The zero-order valence-corrected chi connectivity index (χ0v) is 13.4. The first kappa shape index (κ1) is 16.3. The van der Waals surface area contributed by atoms with Crippen molar-refractivity contribution in [1.82, 2.24) is 24.6 Å². The molecule has 1 aromatic heterocycles. The molecule has 22 heavy (non-hydrogen) atoms. The van der Waals surface area contributed by atoms with Crippen molar-refractivity contribution in [3.8, 4) is 0 Å². The van der Waals surface area contributed by atoms with Crippen LogP contribution in [0.4, 0.5) is 4.79 Å². The first-order chi connectivity index (χ1) is 10.3. The van der Waals surface area contributed by atoms with Crippen LogP contribution in [-0.4, -0.2) is 68.3 Å². The number of ether oxygens (including phenoxy) is 1. The number of carbonyl (C=O) groups is 2. The Morgan fingerprint density at radius 3 is 2.32 bits per heavy atom. The zero-order valence-electron chi connectivity index (χ0n) is 13.4. The van der Waals surface area contributed by atoms with Gasteiger partial charge in [-0.15, -0.1) is 0 Å². The van der Waals surface area contributed by atoms with E-state index in [9.17, 15) is 9.59 Å². The highest BCUT2D eigenvalue weighted by molar-refractivity contribution is 5.76. The van der Waals surface area contributed by atoms with E-state index < -0.39 is 5.60 Å². The molecule has 8 nitrogen and oxygen atoms in total. The number of rotatable bonds is 3. The van der Waals surface area contributed by atoms with E-state index in [-0.39, 0.29) is 12.0 Å². The van der Waals surface area contributed by atoms with Gasteiger partial charge in [-0.05, 0) is 20.8 Å². The Morgan fingerprint density at radius 2 is 1.77 bits per heavy atom.